The zero-order valence-electron chi connectivity index (χ0n) is 21.0. The van der Waals surface area contributed by atoms with Crippen molar-refractivity contribution in [3.8, 4) is 0 Å². The van der Waals surface area contributed by atoms with Crippen LogP contribution in [0.5, 0.6) is 0 Å². The first kappa shape index (κ1) is 32.6. The number of non-ortho nitro benzene ring substituents is 1. The number of rotatable bonds is 4. The molecular weight excluding hydrogens is 602 g/mol. The van der Waals surface area contributed by atoms with E-state index in [9.17, 15) is 26.9 Å². The monoisotopic (exact) mass is 627 g/mol. The van der Waals surface area contributed by atoms with E-state index < -0.39 is 35.7 Å². The Morgan fingerprint density at radius 3 is 1.73 bits per heavy atom. The van der Waals surface area contributed by atoms with Crippen LogP contribution >= 0.6 is 11.8 Å². The fraction of sp³-hybridized carbons (Fsp3) is 0.0476. The topological polar surface area (TPSA) is 334 Å². The van der Waals surface area contributed by atoms with Gasteiger partial charge in [0.1, 0.15) is 10.6 Å². The zero-order chi connectivity index (χ0) is 31.3. The number of aromatic nitrogens is 2. The molecule has 0 amide bonds. The Labute approximate surface area is 237 Å². The van der Waals surface area contributed by atoms with Crippen molar-refractivity contribution in [3.05, 3.63) is 58.6 Å². The van der Waals surface area contributed by atoms with Gasteiger partial charge >= 0.3 is 0 Å². The lowest BCUT2D eigenvalue weighted by atomic mass is 10.1. The van der Waals surface area contributed by atoms with E-state index in [4.69, 9.17) is 43.5 Å². The molecule has 14 N–H and O–H groups in total. The second kappa shape index (κ2) is 12.7. The van der Waals surface area contributed by atoms with E-state index in [1.54, 1.807) is 12.1 Å². The summed E-state index contributed by atoms with van der Waals surface area (Å²) in [5.41, 5.74) is 33.4. The molecule has 4 rings (SSSR count). The molecule has 0 spiro atoms. The van der Waals surface area contributed by atoms with Crippen molar-refractivity contribution in [1.82, 2.24) is 9.97 Å². The molecule has 0 atom stereocenters. The van der Waals surface area contributed by atoms with Gasteiger partial charge in [-0.25, -0.2) is 9.97 Å². The number of nitrogens with two attached hydrogens (primary N) is 6. The highest BCUT2D eigenvalue weighted by Crippen LogP contribution is 2.28. The highest BCUT2D eigenvalue weighted by Gasteiger charge is 2.18. The van der Waals surface area contributed by atoms with Crippen LogP contribution < -0.4 is 34.4 Å². The van der Waals surface area contributed by atoms with Crippen molar-refractivity contribution in [3.63, 3.8) is 0 Å². The van der Waals surface area contributed by atoms with Gasteiger partial charge in [0, 0.05) is 34.3 Å². The minimum absolute atomic E-state index is 0.197. The maximum absolute atomic E-state index is 11.0. The third kappa shape index (κ3) is 8.43. The van der Waals surface area contributed by atoms with Crippen molar-refractivity contribution in [2.45, 2.75) is 14.9 Å². The van der Waals surface area contributed by atoms with Crippen LogP contribution in [-0.4, -0.2) is 47.1 Å². The number of thioether (sulfide) groups is 1. The quantitative estimate of drug-likeness (QED) is 0.0397. The second-order valence-electron chi connectivity index (χ2n) is 7.78. The number of nitro benzene ring substituents is 1. The van der Waals surface area contributed by atoms with Crippen molar-refractivity contribution in [1.29, 1.82) is 0 Å². The number of nitrogen functional groups attached to an aromatic ring is 6. The van der Waals surface area contributed by atoms with E-state index in [0.717, 1.165) is 12.1 Å². The van der Waals surface area contributed by atoms with Gasteiger partial charge in [0.2, 0.25) is 0 Å². The van der Waals surface area contributed by atoms with E-state index in [1.165, 1.54) is 30.0 Å². The van der Waals surface area contributed by atoms with Crippen LogP contribution in [-0.2, 0) is 20.2 Å². The normalized spacial score (nSPS) is 11.1. The summed E-state index contributed by atoms with van der Waals surface area (Å²) >= 11 is 1.37. The fourth-order valence-electron chi connectivity index (χ4n) is 2.97. The van der Waals surface area contributed by atoms with E-state index in [1.807, 2.05) is 6.26 Å². The molecule has 4 aromatic rings. The summed E-state index contributed by atoms with van der Waals surface area (Å²) in [5.74, 6) is 0.476. The first-order valence-corrected chi connectivity index (χ1v) is 14.8. The third-order valence-electron chi connectivity index (χ3n) is 5.01. The van der Waals surface area contributed by atoms with Crippen LogP contribution in [0.25, 0.3) is 10.8 Å². The van der Waals surface area contributed by atoms with Crippen LogP contribution in [0.2, 0.25) is 0 Å². The summed E-state index contributed by atoms with van der Waals surface area (Å²) in [7, 11) is -8.74. The van der Waals surface area contributed by atoms with Gasteiger partial charge < -0.3 is 34.4 Å². The number of benzene rings is 3. The summed E-state index contributed by atoms with van der Waals surface area (Å²) in [6.45, 7) is 0. The molecule has 3 aromatic carbocycles. The van der Waals surface area contributed by atoms with Gasteiger partial charge in [-0.2, -0.15) is 16.8 Å². The van der Waals surface area contributed by atoms with Crippen LogP contribution in [0, 0.1) is 10.1 Å². The van der Waals surface area contributed by atoms with E-state index in [2.05, 4.69) is 9.97 Å². The summed E-state index contributed by atoms with van der Waals surface area (Å²) in [6, 6.07) is 10.1. The molecule has 1 heterocycles. The largest absolute Gasteiger partial charge is 0.398 e. The molecule has 41 heavy (non-hydrogen) atoms. The Kier molecular flexibility index (Phi) is 10.1. The van der Waals surface area contributed by atoms with Gasteiger partial charge in [-0.3, -0.25) is 19.2 Å². The molecule has 0 bridgehead atoms. The molecule has 17 nitrogen and oxygen atoms in total. The summed E-state index contributed by atoms with van der Waals surface area (Å²) in [4.78, 5) is 16.4. The number of nitro groups is 1. The first-order chi connectivity index (χ1) is 18.9. The smallest absolute Gasteiger partial charge is 0.296 e. The Balaban J connectivity index is 0.000000219. The standard InChI is InChI=1S/C10H10N2O3S.C6H6N2O5S.C5H9N5S/c11-9-3-4-10(12)8-5-6(16(13,14)15)1-2-7(8)9;7-5-2-1-4(8(9)10)3-6(5)14(11,12)13;1-11-5-9-3(7)2(6)4(8)10-5/h1-5H,11-12H2,(H,13,14,15);1-3H,7H2,(H,11,12,13);6H2,1H3,(H4,7,8,9,10). The number of anilines is 6. The van der Waals surface area contributed by atoms with Crippen LogP contribution in [0.3, 0.4) is 0 Å². The highest BCUT2D eigenvalue weighted by molar-refractivity contribution is 7.98. The maximum Gasteiger partial charge on any atom is 0.296 e. The Hall–Kier alpha value is -4.63. The fourth-order valence-corrected chi connectivity index (χ4v) is 4.49. The van der Waals surface area contributed by atoms with E-state index in [-0.39, 0.29) is 27.9 Å². The molecule has 1 aromatic heterocycles. The van der Waals surface area contributed by atoms with Crippen molar-refractivity contribution >= 4 is 82.8 Å². The molecule has 0 fully saturated rings. The Bertz CT molecular complexity index is 1810. The average Bonchev–Trinajstić information content (AvgIpc) is 2.88. The van der Waals surface area contributed by atoms with Crippen LogP contribution in [0.15, 0.2) is 63.5 Å². The van der Waals surface area contributed by atoms with Gasteiger partial charge in [-0.15, -0.1) is 0 Å². The summed E-state index contributed by atoms with van der Waals surface area (Å²) in [5, 5.41) is 12.0. The van der Waals surface area contributed by atoms with Gasteiger partial charge in [0.25, 0.3) is 25.9 Å². The van der Waals surface area contributed by atoms with Gasteiger partial charge in [-0.1, -0.05) is 17.8 Å². The van der Waals surface area contributed by atoms with Crippen LogP contribution in [0.1, 0.15) is 0 Å². The molecule has 0 unspecified atom stereocenters. The minimum Gasteiger partial charge on any atom is -0.398 e. The number of hydrogen-bond acceptors (Lipinski definition) is 15. The predicted molar refractivity (Wildman–Crippen MR) is 157 cm³/mol. The second-order valence-corrected chi connectivity index (χ2v) is 11.4. The van der Waals surface area contributed by atoms with Crippen molar-refractivity contribution in [2.24, 2.45) is 0 Å². The van der Waals surface area contributed by atoms with Crippen molar-refractivity contribution in [2.75, 3.05) is 40.7 Å². The highest BCUT2D eigenvalue weighted by atomic mass is 32.2. The van der Waals surface area contributed by atoms with E-state index in [0.29, 0.717) is 33.4 Å². The zero-order valence-corrected chi connectivity index (χ0v) is 23.4. The number of fused-ring (bicyclic) bond motifs is 1. The summed E-state index contributed by atoms with van der Waals surface area (Å²) in [6.07, 6.45) is 1.84. The molecule has 0 aliphatic carbocycles. The van der Waals surface area contributed by atoms with Gasteiger partial charge in [0.05, 0.1) is 15.5 Å². The molecular formula is C21H25N9O8S3. The molecule has 20 heteroatoms. The molecule has 0 aliphatic rings. The summed E-state index contributed by atoms with van der Waals surface area (Å²) < 4.78 is 60.8. The number of hydrogen-bond donors (Lipinski definition) is 8. The predicted octanol–water partition coefficient (Wildman–Crippen LogP) is 1.62. The van der Waals surface area contributed by atoms with Gasteiger partial charge in [0.15, 0.2) is 16.8 Å². The molecule has 0 radical (unpaired) electrons. The van der Waals surface area contributed by atoms with E-state index >= 15 is 0 Å². The minimum atomic E-state index is -4.52. The SMILES string of the molecule is CSc1nc(N)c(N)c(N)n1.Nc1ccc(N)c2cc(S(=O)(=O)O)ccc12.Nc1ccc([N+](=O)[O-])cc1S(=O)(=O)O. The maximum atomic E-state index is 11.0. The lowest BCUT2D eigenvalue weighted by molar-refractivity contribution is -0.385. The van der Waals surface area contributed by atoms with Crippen LogP contribution in [0.4, 0.5) is 40.1 Å². The Morgan fingerprint density at radius 2 is 1.27 bits per heavy atom. The molecule has 0 aliphatic heterocycles. The van der Waals surface area contributed by atoms with Gasteiger partial charge in [-0.05, 0) is 36.6 Å². The first-order valence-electron chi connectivity index (χ1n) is 10.7. The molecule has 0 saturated carbocycles. The molecule has 0 saturated heterocycles. The van der Waals surface area contributed by atoms with Crippen molar-refractivity contribution < 1.29 is 30.9 Å². The lowest BCUT2D eigenvalue weighted by Crippen LogP contribution is -2.05. The average molecular weight is 628 g/mol. The number of nitrogens with zero attached hydrogens (tertiary/aromatic N) is 3. The lowest BCUT2D eigenvalue weighted by Gasteiger charge is -2.06. The Morgan fingerprint density at radius 1 is 0.756 bits per heavy atom. The third-order valence-corrected chi connectivity index (χ3v) is 7.31. The molecule has 220 valence electrons.